The Bertz CT molecular complexity index is 1020. The maximum atomic E-state index is 12.1. The van der Waals surface area contributed by atoms with Crippen LogP contribution >= 0.6 is 0 Å². The van der Waals surface area contributed by atoms with Gasteiger partial charge in [0.15, 0.2) is 0 Å². The van der Waals surface area contributed by atoms with E-state index in [2.05, 4.69) is 4.72 Å². The van der Waals surface area contributed by atoms with Crippen LogP contribution in [0.2, 0.25) is 0 Å². The van der Waals surface area contributed by atoms with Crippen molar-refractivity contribution in [2.75, 3.05) is 6.26 Å². The average molecular weight is 435 g/mol. The van der Waals surface area contributed by atoms with Gasteiger partial charge < -0.3 is 14.6 Å². The average Bonchev–Trinajstić information content (AvgIpc) is 2.60. The second kappa shape index (κ2) is 9.27. The first-order valence-electron chi connectivity index (χ1n) is 9.12. The number of carboxylic acid groups (broad SMARTS) is 1. The normalized spacial score (nSPS) is 11.7. The zero-order valence-corrected chi connectivity index (χ0v) is 18.1. The molecule has 9 heteroatoms. The van der Waals surface area contributed by atoms with Crippen molar-refractivity contribution in [2.45, 2.75) is 39.3 Å². The summed E-state index contributed by atoms with van der Waals surface area (Å²) in [4.78, 5) is 23.1. The second-order valence-electron chi connectivity index (χ2n) is 7.73. The van der Waals surface area contributed by atoms with Crippen LogP contribution in [-0.2, 0) is 32.5 Å². The summed E-state index contributed by atoms with van der Waals surface area (Å²) in [5, 5.41) is 8.99. The Morgan fingerprint density at radius 1 is 1.07 bits per heavy atom. The number of carbonyl (C=O) groups is 2. The monoisotopic (exact) mass is 435 g/mol. The molecule has 2 rings (SSSR count). The quantitative estimate of drug-likeness (QED) is 0.612. The van der Waals surface area contributed by atoms with Crippen LogP contribution in [-0.4, -0.2) is 37.3 Å². The van der Waals surface area contributed by atoms with E-state index in [9.17, 15) is 18.0 Å². The van der Waals surface area contributed by atoms with Gasteiger partial charge in [0.05, 0.1) is 18.2 Å². The van der Waals surface area contributed by atoms with Gasteiger partial charge in [-0.2, -0.15) is 0 Å². The van der Waals surface area contributed by atoms with E-state index in [0.29, 0.717) is 22.6 Å². The van der Waals surface area contributed by atoms with Crippen LogP contribution in [0.25, 0.3) is 0 Å². The van der Waals surface area contributed by atoms with Crippen LogP contribution in [0.5, 0.6) is 11.5 Å². The molecule has 0 radical (unpaired) electrons. The Labute approximate surface area is 175 Å². The van der Waals surface area contributed by atoms with Gasteiger partial charge in [-0.3, -0.25) is 4.79 Å². The van der Waals surface area contributed by atoms with Gasteiger partial charge in [0, 0.05) is 12.1 Å². The van der Waals surface area contributed by atoms with Crippen LogP contribution < -0.4 is 9.46 Å². The maximum Gasteiger partial charge on any atom is 0.335 e. The number of rotatable bonds is 8. The van der Waals surface area contributed by atoms with Gasteiger partial charge in [0.25, 0.3) is 0 Å². The molecule has 0 heterocycles. The molecule has 0 saturated carbocycles. The molecule has 0 aliphatic carbocycles. The van der Waals surface area contributed by atoms with Crippen molar-refractivity contribution < 1.29 is 32.6 Å². The number of aromatic carboxylic acids is 1. The van der Waals surface area contributed by atoms with Crippen molar-refractivity contribution in [3.63, 3.8) is 0 Å². The van der Waals surface area contributed by atoms with E-state index in [0.717, 1.165) is 6.26 Å². The predicted molar refractivity (Wildman–Crippen MR) is 111 cm³/mol. The van der Waals surface area contributed by atoms with Crippen LogP contribution in [0, 0.1) is 0 Å². The van der Waals surface area contributed by atoms with Crippen molar-refractivity contribution in [1.82, 2.24) is 4.72 Å². The van der Waals surface area contributed by atoms with Crippen molar-refractivity contribution in [1.29, 1.82) is 0 Å². The molecular formula is C21H25NO7S. The molecule has 0 atom stereocenters. The Kier molecular flexibility index (Phi) is 7.22. The molecule has 0 bridgehead atoms. The minimum Gasteiger partial charge on any atom is -0.478 e. The number of hydrogen-bond donors (Lipinski definition) is 2. The lowest BCUT2D eigenvalue weighted by Crippen LogP contribution is -2.25. The molecule has 0 amide bonds. The molecule has 162 valence electrons. The first-order chi connectivity index (χ1) is 13.8. The molecule has 0 saturated heterocycles. The van der Waals surface area contributed by atoms with Crippen molar-refractivity contribution in [3.8, 4) is 11.5 Å². The zero-order valence-electron chi connectivity index (χ0n) is 17.3. The van der Waals surface area contributed by atoms with E-state index in [1.54, 1.807) is 39.0 Å². The van der Waals surface area contributed by atoms with E-state index in [1.807, 2.05) is 0 Å². The molecule has 30 heavy (non-hydrogen) atoms. The number of nitrogens with one attached hydrogen (secondary N) is 1. The van der Waals surface area contributed by atoms with Crippen LogP contribution in [0.15, 0.2) is 42.5 Å². The molecule has 0 aliphatic rings. The van der Waals surface area contributed by atoms with Gasteiger partial charge in [0.2, 0.25) is 10.0 Å². The molecule has 2 N–H and O–H groups in total. The van der Waals surface area contributed by atoms with E-state index in [-0.39, 0.29) is 18.5 Å². The summed E-state index contributed by atoms with van der Waals surface area (Å²) in [6.07, 6.45) is 1.07. The minimum atomic E-state index is -3.45. The third-order valence-corrected chi connectivity index (χ3v) is 4.42. The highest BCUT2D eigenvalue weighted by Crippen LogP contribution is 2.27. The number of sulfonamides is 1. The molecule has 0 aromatic heterocycles. The second-order valence-corrected chi connectivity index (χ2v) is 9.56. The first-order valence-corrected chi connectivity index (χ1v) is 11.0. The number of carbonyl (C=O) groups excluding carboxylic acids is 1. The largest absolute Gasteiger partial charge is 0.478 e. The van der Waals surface area contributed by atoms with Crippen molar-refractivity contribution >= 4 is 22.0 Å². The Balaban J connectivity index is 2.26. The van der Waals surface area contributed by atoms with E-state index >= 15 is 0 Å². The molecular weight excluding hydrogens is 410 g/mol. The smallest absolute Gasteiger partial charge is 0.335 e. The maximum absolute atomic E-state index is 12.1. The van der Waals surface area contributed by atoms with Crippen molar-refractivity contribution in [3.05, 3.63) is 59.2 Å². The SMILES string of the molecule is CC(C)(C)OC(=O)Cc1ccc(Oc2ccc(C(=O)O)cc2)c(CNS(C)(=O)=O)c1. The van der Waals surface area contributed by atoms with Gasteiger partial charge >= 0.3 is 11.9 Å². The van der Waals surface area contributed by atoms with Crippen LogP contribution in [0.4, 0.5) is 0 Å². The zero-order chi connectivity index (χ0) is 22.5. The van der Waals surface area contributed by atoms with E-state index in [1.165, 1.54) is 24.3 Å². The fraction of sp³-hybridized carbons (Fsp3) is 0.333. The Morgan fingerprint density at radius 2 is 1.70 bits per heavy atom. The Hall–Kier alpha value is -2.91. The highest BCUT2D eigenvalue weighted by Gasteiger charge is 2.17. The summed E-state index contributed by atoms with van der Waals surface area (Å²) in [5.74, 6) is -0.684. The number of esters is 1. The molecule has 0 aliphatic heterocycles. The van der Waals surface area contributed by atoms with Gasteiger partial charge in [-0.1, -0.05) is 12.1 Å². The lowest BCUT2D eigenvalue weighted by molar-refractivity contribution is -0.153. The van der Waals surface area contributed by atoms with Gasteiger partial charge in [0.1, 0.15) is 17.1 Å². The summed E-state index contributed by atoms with van der Waals surface area (Å²) in [6.45, 7) is 5.29. The van der Waals surface area contributed by atoms with Gasteiger partial charge in [-0.15, -0.1) is 0 Å². The third kappa shape index (κ3) is 7.84. The summed E-state index contributed by atoms with van der Waals surface area (Å²) in [6, 6.07) is 10.8. The van der Waals surface area contributed by atoms with E-state index in [4.69, 9.17) is 14.6 Å². The summed E-state index contributed by atoms with van der Waals surface area (Å²) >= 11 is 0. The van der Waals surface area contributed by atoms with Crippen LogP contribution in [0.1, 0.15) is 42.3 Å². The lowest BCUT2D eigenvalue weighted by atomic mass is 10.1. The molecule has 0 fully saturated rings. The fourth-order valence-electron chi connectivity index (χ4n) is 2.53. The lowest BCUT2D eigenvalue weighted by Gasteiger charge is -2.20. The van der Waals surface area contributed by atoms with Crippen LogP contribution in [0.3, 0.4) is 0 Å². The van der Waals surface area contributed by atoms with Crippen molar-refractivity contribution in [2.24, 2.45) is 0 Å². The molecule has 8 nitrogen and oxygen atoms in total. The summed E-state index contributed by atoms with van der Waals surface area (Å²) < 4.78 is 36.6. The van der Waals surface area contributed by atoms with Gasteiger partial charge in [-0.25, -0.2) is 17.9 Å². The molecule has 2 aromatic carbocycles. The highest BCUT2D eigenvalue weighted by atomic mass is 32.2. The number of carboxylic acids is 1. The number of benzene rings is 2. The Morgan fingerprint density at radius 3 is 2.23 bits per heavy atom. The third-order valence-electron chi connectivity index (χ3n) is 3.75. The van der Waals surface area contributed by atoms with E-state index < -0.39 is 27.6 Å². The minimum absolute atomic E-state index is 0.0245. The number of hydrogen-bond acceptors (Lipinski definition) is 6. The summed E-state index contributed by atoms with van der Waals surface area (Å²) in [7, 11) is -3.45. The predicted octanol–water partition coefficient (Wildman–Crippen LogP) is 3.11. The van der Waals surface area contributed by atoms with Gasteiger partial charge in [-0.05, 0) is 56.7 Å². The number of ether oxygens (including phenoxy) is 2. The molecule has 2 aromatic rings. The first kappa shape index (κ1) is 23.4. The highest BCUT2D eigenvalue weighted by molar-refractivity contribution is 7.88. The topological polar surface area (TPSA) is 119 Å². The molecule has 0 spiro atoms. The standard InChI is InChI=1S/C21H25NO7S/c1-21(2,3)29-19(23)12-14-5-10-18(16(11-14)13-22-30(4,26)27)28-17-8-6-15(7-9-17)20(24)25/h5-11,22H,12-13H2,1-4H3,(H,24,25). The fourth-order valence-corrected chi connectivity index (χ4v) is 2.94. The summed E-state index contributed by atoms with van der Waals surface area (Å²) in [5.41, 5.74) is 0.670. The molecule has 0 unspecified atom stereocenters.